The predicted molar refractivity (Wildman–Crippen MR) is 34.9 cm³/mol. The van der Waals surface area contributed by atoms with Crippen molar-refractivity contribution < 1.29 is 47.9 Å². The molecular weight excluding hydrogens is 142 g/mol. The van der Waals surface area contributed by atoms with Gasteiger partial charge >= 0.3 is 37.7 Å². The Morgan fingerprint density at radius 2 is 1.67 bits per heavy atom. The Balaban J connectivity index is 0. The second kappa shape index (κ2) is 6.29. The summed E-state index contributed by atoms with van der Waals surface area (Å²) in [6, 6.07) is 6.05. The second-order valence-corrected chi connectivity index (χ2v) is 1.92. The average Bonchev–Trinajstić information content (AvgIpc) is 1.88. The van der Waals surface area contributed by atoms with Crippen LogP contribution in [0.2, 0.25) is 0 Å². The molecule has 0 saturated carbocycles. The van der Waals surface area contributed by atoms with Crippen LogP contribution in [0.1, 0.15) is 5.56 Å². The minimum atomic E-state index is -0.425. The Morgan fingerprint density at radius 1 is 1.17 bits per heavy atom. The summed E-state index contributed by atoms with van der Waals surface area (Å²) in [6.07, 6.45) is 0. The van der Waals surface area contributed by atoms with E-state index in [2.05, 4.69) is 6.58 Å². The maximum Gasteiger partial charge on any atom is 1.00 e. The summed E-state index contributed by atoms with van der Waals surface area (Å²) in [5.74, 6) is -0.687. The molecule has 0 amide bonds. The summed E-state index contributed by atoms with van der Waals surface area (Å²) < 4.78 is 0. The smallest absolute Gasteiger partial charge is 0.872 e. The first-order chi connectivity index (χ1) is 4.72. The number of benzene rings is 1. The van der Waals surface area contributed by atoms with Crippen LogP contribution in [0.5, 0.6) is 5.75 Å². The van der Waals surface area contributed by atoms with E-state index in [1.54, 1.807) is 12.1 Å². The minimum absolute atomic E-state index is 0. The maximum absolute atomic E-state index is 10.8. The molecule has 0 spiro atoms. The second-order valence-electron chi connectivity index (χ2n) is 1.92. The fourth-order valence-corrected chi connectivity index (χ4v) is 0.697. The Bertz CT molecular complexity index is 261. The molecular formula is C8H6Li2O2. The van der Waals surface area contributed by atoms with Crippen LogP contribution in [0.25, 0.3) is 5.76 Å². The van der Waals surface area contributed by atoms with Crippen molar-refractivity contribution in [3.05, 3.63) is 36.4 Å². The van der Waals surface area contributed by atoms with Crippen LogP contribution in [0, 0.1) is 0 Å². The fraction of sp³-hybridized carbons (Fsp3) is 0. The molecule has 1 aromatic rings. The van der Waals surface area contributed by atoms with Gasteiger partial charge in [0.15, 0.2) is 0 Å². The van der Waals surface area contributed by atoms with Crippen molar-refractivity contribution in [2.45, 2.75) is 0 Å². The molecule has 1 aromatic carbocycles. The van der Waals surface area contributed by atoms with Crippen LogP contribution in [0.15, 0.2) is 30.8 Å². The summed E-state index contributed by atoms with van der Waals surface area (Å²) in [6.45, 7) is 3.13. The van der Waals surface area contributed by atoms with Crippen molar-refractivity contribution in [1.29, 1.82) is 0 Å². The van der Waals surface area contributed by atoms with Gasteiger partial charge in [-0.15, -0.1) is 18.1 Å². The molecule has 0 aliphatic heterocycles. The number of hydrogen-bond donors (Lipinski definition) is 0. The largest absolute Gasteiger partial charge is 1.00 e. The third-order valence-corrected chi connectivity index (χ3v) is 1.19. The van der Waals surface area contributed by atoms with Gasteiger partial charge in [-0.2, -0.15) is 0 Å². The third kappa shape index (κ3) is 3.43. The molecule has 0 unspecified atom stereocenters. The average molecular weight is 148 g/mol. The van der Waals surface area contributed by atoms with E-state index in [4.69, 9.17) is 0 Å². The normalized spacial score (nSPS) is 7.67. The van der Waals surface area contributed by atoms with E-state index in [9.17, 15) is 10.2 Å². The maximum atomic E-state index is 10.8. The molecule has 4 heteroatoms. The number of hydrogen-bond acceptors (Lipinski definition) is 2. The summed E-state index contributed by atoms with van der Waals surface area (Å²) >= 11 is 0. The van der Waals surface area contributed by atoms with E-state index >= 15 is 0 Å². The minimum Gasteiger partial charge on any atom is -0.872 e. The van der Waals surface area contributed by atoms with Crippen molar-refractivity contribution in [3.8, 4) is 5.75 Å². The van der Waals surface area contributed by atoms with Crippen molar-refractivity contribution >= 4 is 5.76 Å². The van der Waals surface area contributed by atoms with Gasteiger partial charge in [-0.05, 0) is 5.56 Å². The van der Waals surface area contributed by atoms with Gasteiger partial charge in [-0.1, -0.05) is 24.3 Å². The quantitative estimate of drug-likeness (QED) is 0.294. The molecule has 0 saturated heterocycles. The zero-order valence-corrected chi connectivity index (χ0v) is 7.33. The van der Waals surface area contributed by atoms with E-state index < -0.39 is 5.76 Å². The Morgan fingerprint density at radius 3 is 2.00 bits per heavy atom. The van der Waals surface area contributed by atoms with Crippen molar-refractivity contribution in [3.63, 3.8) is 0 Å². The molecule has 0 radical (unpaired) electrons. The van der Waals surface area contributed by atoms with Crippen molar-refractivity contribution in [2.24, 2.45) is 0 Å². The summed E-state index contributed by atoms with van der Waals surface area (Å²) in [4.78, 5) is 0. The van der Waals surface area contributed by atoms with E-state index in [0.717, 1.165) is 0 Å². The third-order valence-electron chi connectivity index (χ3n) is 1.19. The van der Waals surface area contributed by atoms with Crippen molar-refractivity contribution in [2.75, 3.05) is 0 Å². The molecule has 0 aromatic heterocycles. The summed E-state index contributed by atoms with van der Waals surface area (Å²) in [5.41, 5.74) is 0.155. The first-order valence-corrected chi connectivity index (χ1v) is 2.84. The first kappa shape index (κ1) is 14.3. The molecule has 0 bridgehead atoms. The molecule has 0 atom stereocenters. The van der Waals surface area contributed by atoms with Gasteiger partial charge in [0.2, 0.25) is 0 Å². The van der Waals surface area contributed by atoms with Crippen LogP contribution in [0.3, 0.4) is 0 Å². The van der Waals surface area contributed by atoms with Gasteiger partial charge < -0.3 is 10.2 Å². The molecule has 12 heavy (non-hydrogen) atoms. The molecule has 0 aliphatic carbocycles. The zero-order valence-electron chi connectivity index (χ0n) is 7.33. The van der Waals surface area contributed by atoms with Crippen LogP contribution in [-0.2, 0) is 0 Å². The molecule has 0 N–H and O–H groups in total. The fourth-order valence-electron chi connectivity index (χ4n) is 0.697. The molecule has 0 fully saturated rings. The van der Waals surface area contributed by atoms with E-state index in [0.29, 0.717) is 0 Å². The zero-order chi connectivity index (χ0) is 7.56. The molecule has 0 aliphatic rings. The molecule has 2 nitrogen and oxygen atoms in total. The first-order valence-electron chi connectivity index (χ1n) is 2.84. The van der Waals surface area contributed by atoms with Crippen LogP contribution in [0.4, 0.5) is 0 Å². The van der Waals surface area contributed by atoms with Gasteiger partial charge in [0, 0.05) is 0 Å². The number of rotatable bonds is 1. The summed E-state index contributed by atoms with van der Waals surface area (Å²) in [7, 11) is 0. The Labute approximate surface area is 95.7 Å². The van der Waals surface area contributed by atoms with Gasteiger partial charge in [0.1, 0.15) is 0 Å². The van der Waals surface area contributed by atoms with Crippen LogP contribution in [-0.4, -0.2) is 0 Å². The topological polar surface area (TPSA) is 46.1 Å². The van der Waals surface area contributed by atoms with Crippen molar-refractivity contribution in [1.82, 2.24) is 0 Å². The molecule has 1 rings (SSSR count). The van der Waals surface area contributed by atoms with Crippen LogP contribution >= 0.6 is 0 Å². The Hall–Kier alpha value is -0.245. The van der Waals surface area contributed by atoms with Crippen LogP contribution < -0.4 is 47.9 Å². The molecule has 0 heterocycles. The number of para-hydroxylation sites is 1. The predicted octanol–water partition coefficient (Wildman–Crippen LogP) is -5.90. The van der Waals surface area contributed by atoms with Gasteiger partial charge in [0.05, 0.1) is 0 Å². The van der Waals surface area contributed by atoms with Gasteiger partial charge in [0.25, 0.3) is 0 Å². The summed E-state index contributed by atoms with van der Waals surface area (Å²) in [5, 5.41) is 21.4. The standard InChI is InChI=1S/C8H8O2.2Li/c1-6(9)7-4-2-3-5-8(7)10;;/h2-5,9-10H,1H2;;/q;2*+1/p-2. The van der Waals surface area contributed by atoms with Gasteiger partial charge in [-0.3, -0.25) is 0 Å². The van der Waals surface area contributed by atoms with E-state index in [1.807, 2.05) is 0 Å². The van der Waals surface area contributed by atoms with Gasteiger partial charge in [-0.25, -0.2) is 0 Å². The Kier molecular flexibility index (Phi) is 7.49. The monoisotopic (exact) mass is 148 g/mol. The molecule has 52 valence electrons. The van der Waals surface area contributed by atoms with E-state index in [1.165, 1.54) is 12.1 Å². The SMILES string of the molecule is C=C([O-])c1ccccc1[O-].[Li+].[Li+]. The van der Waals surface area contributed by atoms with E-state index in [-0.39, 0.29) is 49.0 Å².